The zero-order valence-electron chi connectivity index (χ0n) is 10.4. The van der Waals surface area contributed by atoms with Gasteiger partial charge in [0.25, 0.3) is 0 Å². The molecule has 1 rings (SSSR count). The predicted molar refractivity (Wildman–Crippen MR) is 73.3 cm³/mol. The molecule has 0 aliphatic rings. The van der Waals surface area contributed by atoms with Crippen LogP contribution in [0.3, 0.4) is 0 Å². The first-order chi connectivity index (χ1) is 8.15. The zero-order valence-corrected chi connectivity index (χ0v) is 12.0. The van der Waals surface area contributed by atoms with Gasteiger partial charge in [0.05, 0.1) is 6.61 Å². The van der Waals surface area contributed by atoms with Gasteiger partial charge in [-0.15, -0.1) is 0 Å². The second kappa shape index (κ2) is 7.69. The van der Waals surface area contributed by atoms with Crippen LogP contribution in [0.25, 0.3) is 0 Å². The standard InChI is InChI=1S/C13H20BrNO2/c1-3-16-7-4-8-17-13-6-5-11(14)9-12(13)10(2)15/h5-6,9-10H,3-4,7-8,15H2,1-2H3. The highest BCUT2D eigenvalue weighted by molar-refractivity contribution is 9.10. The van der Waals surface area contributed by atoms with Crippen LogP contribution in [0, 0.1) is 0 Å². The summed E-state index contributed by atoms with van der Waals surface area (Å²) in [6.45, 7) is 6.09. The van der Waals surface area contributed by atoms with Gasteiger partial charge < -0.3 is 15.2 Å². The Hall–Kier alpha value is -0.580. The predicted octanol–water partition coefficient (Wildman–Crippen LogP) is 3.27. The van der Waals surface area contributed by atoms with Gasteiger partial charge in [0.2, 0.25) is 0 Å². The van der Waals surface area contributed by atoms with Gasteiger partial charge in [-0.2, -0.15) is 0 Å². The number of benzene rings is 1. The molecule has 96 valence electrons. The van der Waals surface area contributed by atoms with Crippen molar-refractivity contribution >= 4 is 15.9 Å². The Kier molecular flexibility index (Phi) is 6.55. The van der Waals surface area contributed by atoms with Crippen LogP contribution >= 0.6 is 15.9 Å². The highest BCUT2D eigenvalue weighted by atomic mass is 79.9. The molecule has 0 radical (unpaired) electrons. The molecule has 0 spiro atoms. The quantitative estimate of drug-likeness (QED) is 0.786. The van der Waals surface area contributed by atoms with Crippen molar-refractivity contribution in [2.45, 2.75) is 26.3 Å². The molecule has 0 aliphatic carbocycles. The number of ether oxygens (including phenoxy) is 2. The van der Waals surface area contributed by atoms with E-state index in [0.717, 1.165) is 35.4 Å². The van der Waals surface area contributed by atoms with Crippen LogP contribution in [-0.4, -0.2) is 19.8 Å². The van der Waals surface area contributed by atoms with Gasteiger partial charge in [-0.05, 0) is 32.0 Å². The molecule has 1 unspecified atom stereocenters. The van der Waals surface area contributed by atoms with Crippen LogP contribution < -0.4 is 10.5 Å². The van der Waals surface area contributed by atoms with Crippen LogP contribution in [0.2, 0.25) is 0 Å². The molecule has 4 heteroatoms. The van der Waals surface area contributed by atoms with E-state index in [2.05, 4.69) is 15.9 Å². The lowest BCUT2D eigenvalue weighted by Crippen LogP contribution is -2.09. The molecular weight excluding hydrogens is 282 g/mol. The molecule has 3 nitrogen and oxygen atoms in total. The lowest BCUT2D eigenvalue weighted by atomic mass is 10.1. The van der Waals surface area contributed by atoms with Crippen molar-refractivity contribution in [3.05, 3.63) is 28.2 Å². The molecule has 0 saturated carbocycles. The van der Waals surface area contributed by atoms with E-state index in [1.165, 1.54) is 0 Å². The van der Waals surface area contributed by atoms with E-state index in [4.69, 9.17) is 15.2 Å². The lowest BCUT2D eigenvalue weighted by molar-refractivity contribution is 0.130. The van der Waals surface area contributed by atoms with Crippen molar-refractivity contribution in [2.24, 2.45) is 5.73 Å². The Labute approximate surface area is 111 Å². The Morgan fingerprint density at radius 1 is 1.35 bits per heavy atom. The van der Waals surface area contributed by atoms with Gasteiger partial charge in [-0.1, -0.05) is 15.9 Å². The first-order valence-electron chi connectivity index (χ1n) is 5.90. The summed E-state index contributed by atoms with van der Waals surface area (Å²) in [5.74, 6) is 0.861. The molecule has 1 aromatic rings. The minimum atomic E-state index is -0.0330. The van der Waals surface area contributed by atoms with Gasteiger partial charge in [-0.25, -0.2) is 0 Å². The topological polar surface area (TPSA) is 44.5 Å². The van der Waals surface area contributed by atoms with E-state index >= 15 is 0 Å². The molecule has 0 heterocycles. The summed E-state index contributed by atoms with van der Waals surface area (Å²) in [6, 6.07) is 5.88. The number of nitrogens with two attached hydrogens (primary N) is 1. The number of halogens is 1. The number of hydrogen-bond donors (Lipinski definition) is 1. The van der Waals surface area contributed by atoms with Crippen molar-refractivity contribution in [3.8, 4) is 5.75 Å². The third kappa shape index (κ3) is 5.06. The Bertz CT molecular complexity index is 342. The number of hydrogen-bond acceptors (Lipinski definition) is 3. The Balaban J connectivity index is 2.52. The van der Waals surface area contributed by atoms with Crippen molar-refractivity contribution in [2.75, 3.05) is 19.8 Å². The van der Waals surface area contributed by atoms with Gasteiger partial charge >= 0.3 is 0 Å². The van der Waals surface area contributed by atoms with E-state index in [9.17, 15) is 0 Å². The minimum absolute atomic E-state index is 0.0330. The lowest BCUT2D eigenvalue weighted by Gasteiger charge is -2.14. The van der Waals surface area contributed by atoms with Crippen molar-refractivity contribution < 1.29 is 9.47 Å². The summed E-state index contributed by atoms with van der Waals surface area (Å²) in [7, 11) is 0. The van der Waals surface area contributed by atoms with Crippen LogP contribution in [0.15, 0.2) is 22.7 Å². The van der Waals surface area contributed by atoms with Crippen LogP contribution in [0.5, 0.6) is 5.75 Å². The SMILES string of the molecule is CCOCCCOc1ccc(Br)cc1C(C)N. The smallest absolute Gasteiger partial charge is 0.124 e. The van der Waals surface area contributed by atoms with E-state index in [0.29, 0.717) is 6.61 Å². The maximum Gasteiger partial charge on any atom is 0.124 e. The average molecular weight is 302 g/mol. The minimum Gasteiger partial charge on any atom is -0.493 e. The van der Waals surface area contributed by atoms with Gasteiger partial charge in [0.15, 0.2) is 0 Å². The molecular formula is C13H20BrNO2. The summed E-state index contributed by atoms with van der Waals surface area (Å²) in [6.07, 6.45) is 0.891. The maximum absolute atomic E-state index is 5.91. The largest absolute Gasteiger partial charge is 0.493 e. The van der Waals surface area contributed by atoms with Crippen molar-refractivity contribution in [1.29, 1.82) is 0 Å². The normalized spacial score (nSPS) is 12.5. The van der Waals surface area contributed by atoms with Gasteiger partial charge in [-0.3, -0.25) is 0 Å². The molecule has 0 amide bonds. The second-order valence-corrected chi connectivity index (χ2v) is 4.79. The fourth-order valence-electron chi connectivity index (χ4n) is 1.49. The fraction of sp³-hybridized carbons (Fsp3) is 0.538. The summed E-state index contributed by atoms with van der Waals surface area (Å²) in [5.41, 5.74) is 6.93. The fourth-order valence-corrected chi connectivity index (χ4v) is 1.87. The Morgan fingerprint density at radius 3 is 2.76 bits per heavy atom. The van der Waals surface area contributed by atoms with Crippen LogP contribution in [0.4, 0.5) is 0 Å². The maximum atomic E-state index is 5.91. The molecule has 2 N–H and O–H groups in total. The second-order valence-electron chi connectivity index (χ2n) is 3.87. The van der Waals surface area contributed by atoms with Gasteiger partial charge in [0.1, 0.15) is 5.75 Å². The average Bonchev–Trinajstić information content (AvgIpc) is 2.30. The zero-order chi connectivity index (χ0) is 12.7. The molecule has 1 atom stereocenters. The van der Waals surface area contributed by atoms with Crippen molar-refractivity contribution in [3.63, 3.8) is 0 Å². The first-order valence-corrected chi connectivity index (χ1v) is 6.70. The highest BCUT2D eigenvalue weighted by Gasteiger charge is 2.08. The third-order valence-electron chi connectivity index (χ3n) is 2.36. The highest BCUT2D eigenvalue weighted by Crippen LogP contribution is 2.27. The molecule has 17 heavy (non-hydrogen) atoms. The summed E-state index contributed by atoms with van der Waals surface area (Å²) in [4.78, 5) is 0. The molecule has 0 aromatic heterocycles. The molecule has 0 aliphatic heterocycles. The summed E-state index contributed by atoms with van der Waals surface area (Å²) in [5, 5.41) is 0. The molecule has 1 aromatic carbocycles. The third-order valence-corrected chi connectivity index (χ3v) is 2.85. The first kappa shape index (κ1) is 14.5. The molecule has 0 saturated heterocycles. The Morgan fingerprint density at radius 2 is 2.12 bits per heavy atom. The van der Waals surface area contributed by atoms with E-state index in [1.807, 2.05) is 32.0 Å². The summed E-state index contributed by atoms with van der Waals surface area (Å²) >= 11 is 3.44. The van der Waals surface area contributed by atoms with E-state index in [1.54, 1.807) is 0 Å². The molecule has 0 bridgehead atoms. The van der Waals surface area contributed by atoms with E-state index < -0.39 is 0 Å². The summed E-state index contributed by atoms with van der Waals surface area (Å²) < 4.78 is 12.0. The molecule has 0 fully saturated rings. The van der Waals surface area contributed by atoms with Crippen LogP contribution in [-0.2, 0) is 4.74 Å². The van der Waals surface area contributed by atoms with E-state index in [-0.39, 0.29) is 6.04 Å². The monoisotopic (exact) mass is 301 g/mol. The number of rotatable bonds is 7. The van der Waals surface area contributed by atoms with Crippen LogP contribution in [0.1, 0.15) is 31.9 Å². The van der Waals surface area contributed by atoms with Gasteiger partial charge in [0, 0.05) is 35.7 Å². The van der Waals surface area contributed by atoms with Crippen molar-refractivity contribution in [1.82, 2.24) is 0 Å².